The number of rotatable bonds is 3. The molecule has 1 aromatic carbocycles. The molecule has 0 N–H and O–H groups in total. The Labute approximate surface area is 91.8 Å². The van der Waals surface area contributed by atoms with E-state index < -0.39 is 0 Å². The fraction of sp³-hybridized carbons (Fsp3) is 0.300. The van der Waals surface area contributed by atoms with Gasteiger partial charge in [-0.05, 0) is 24.6 Å². The molecule has 0 fully saturated rings. The molecule has 2 rings (SSSR count). The zero-order chi connectivity index (χ0) is 9.97. The van der Waals surface area contributed by atoms with Gasteiger partial charge in [-0.2, -0.15) is 0 Å². The van der Waals surface area contributed by atoms with E-state index in [1.807, 2.05) is 6.07 Å². The average Bonchev–Trinajstić information content (AvgIpc) is 2.56. The lowest BCUT2D eigenvalue weighted by atomic mass is 10.3. The summed E-state index contributed by atoms with van der Waals surface area (Å²) in [7, 11) is 0. The molecule has 0 amide bonds. The molecule has 0 radical (unpaired) electrons. The third kappa shape index (κ3) is 2.02. The third-order valence-corrected chi connectivity index (χ3v) is 2.42. The zero-order valence-electron chi connectivity index (χ0n) is 7.46. The summed E-state index contributed by atoms with van der Waals surface area (Å²) in [4.78, 5) is 4.30. The van der Waals surface area contributed by atoms with E-state index >= 15 is 0 Å². The molecule has 0 saturated heterocycles. The van der Waals surface area contributed by atoms with Crippen LogP contribution >= 0.6 is 23.2 Å². The maximum Gasteiger partial charge on any atom is 0.195 e. The quantitative estimate of drug-likeness (QED) is 0.752. The van der Waals surface area contributed by atoms with Gasteiger partial charge in [-0.1, -0.05) is 11.6 Å². The Morgan fingerprint density at radius 1 is 1.36 bits per heavy atom. The van der Waals surface area contributed by atoms with Gasteiger partial charge in [-0.25, -0.2) is 4.98 Å². The molecule has 0 aliphatic heterocycles. The van der Waals surface area contributed by atoms with Gasteiger partial charge in [0.2, 0.25) is 0 Å². The minimum Gasteiger partial charge on any atom is -0.441 e. The van der Waals surface area contributed by atoms with E-state index in [2.05, 4.69) is 4.98 Å². The predicted molar refractivity (Wildman–Crippen MR) is 58.1 cm³/mol. The monoisotopic (exact) mass is 229 g/mol. The molecule has 14 heavy (non-hydrogen) atoms. The number of oxazole rings is 1. The first-order valence-electron chi connectivity index (χ1n) is 4.40. The summed E-state index contributed by atoms with van der Waals surface area (Å²) in [6, 6.07) is 5.42. The molecule has 0 aliphatic rings. The molecule has 0 saturated carbocycles. The molecule has 2 aromatic rings. The summed E-state index contributed by atoms with van der Waals surface area (Å²) in [6.07, 6.45) is 1.65. The van der Waals surface area contributed by atoms with Gasteiger partial charge in [0, 0.05) is 17.3 Å². The number of hydrogen-bond acceptors (Lipinski definition) is 2. The topological polar surface area (TPSA) is 26.0 Å². The second kappa shape index (κ2) is 4.20. The van der Waals surface area contributed by atoms with Crippen LogP contribution in [0.4, 0.5) is 0 Å². The van der Waals surface area contributed by atoms with Gasteiger partial charge in [0.05, 0.1) is 0 Å². The van der Waals surface area contributed by atoms with Crippen LogP contribution in [0.1, 0.15) is 12.3 Å². The number of aromatic nitrogens is 1. The molecule has 0 bridgehead atoms. The molecule has 0 atom stereocenters. The van der Waals surface area contributed by atoms with Crippen molar-refractivity contribution in [1.82, 2.24) is 4.98 Å². The van der Waals surface area contributed by atoms with Crippen molar-refractivity contribution >= 4 is 34.3 Å². The fourth-order valence-electron chi connectivity index (χ4n) is 1.27. The van der Waals surface area contributed by atoms with Crippen molar-refractivity contribution in [2.45, 2.75) is 12.8 Å². The zero-order valence-corrected chi connectivity index (χ0v) is 8.98. The van der Waals surface area contributed by atoms with Gasteiger partial charge < -0.3 is 4.42 Å². The van der Waals surface area contributed by atoms with Crippen molar-refractivity contribution in [3.8, 4) is 0 Å². The molecule has 2 nitrogen and oxygen atoms in total. The van der Waals surface area contributed by atoms with E-state index in [1.54, 1.807) is 12.1 Å². The minimum atomic E-state index is 0.624. The van der Waals surface area contributed by atoms with Crippen LogP contribution in [-0.4, -0.2) is 10.9 Å². The Bertz CT molecular complexity index is 439. The lowest BCUT2D eigenvalue weighted by Gasteiger charge is -1.88. The second-order valence-electron chi connectivity index (χ2n) is 3.01. The number of alkyl halides is 1. The first-order valence-corrected chi connectivity index (χ1v) is 5.32. The van der Waals surface area contributed by atoms with Crippen molar-refractivity contribution in [2.24, 2.45) is 0 Å². The summed E-state index contributed by atoms with van der Waals surface area (Å²) in [5.74, 6) is 1.35. The van der Waals surface area contributed by atoms with Crippen LogP contribution in [-0.2, 0) is 6.42 Å². The summed E-state index contributed by atoms with van der Waals surface area (Å²) in [6.45, 7) is 0. The molecule has 74 valence electrons. The van der Waals surface area contributed by atoms with Gasteiger partial charge in [0.15, 0.2) is 11.5 Å². The second-order valence-corrected chi connectivity index (χ2v) is 3.83. The van der Waals surface area contributed by atoms with Crippen LogP contribution in [0.25, 0.3) is 11.1 Å². The van der Waals surface area contributed by atoms with E-state index in [-0.39, 0.29) is 0 Å². The van der Waals surface area contributed by atoms with E-state index in [0.29, 0.717) is 10.9 Å². The van der Waals surface area contributed by atoms with E-state index in [0.717, 1.165) is 29.8 Å². The maximum absolute atomic E-state index is 5.83. The Morgan fingerprint density at radius 2 is 2.21 bits per heavy atom. The molecule has 0 spiro atoms. The number of halogens is 2. The van der Waals surface area contributed by atoms with Gasteiger partial charge in [-0.3, -0.25) is 0 Å². The van der Waals surface area contributed by atoms with E-state index in [4.69, 9.17) is 27.6 Å². The summed E-state index contributed by atoms with van der Waals surface area (Å²) in [5, 5.41) is 0.676. The third-order valence-electron chi connectivity index (χ3n) is 1.92. The Hall–Kier alpha value is -0.730. The number of nitrogens with zero attached hydrogens (tertiary/aromatic N) is 1. The van der Waals surface area contributed by atoms with Gasteiger partial charge in [0.1, 0.15) is 5.52 Å². The number of fused-ring (bicyclic) bond motifs is 1. The molecule has 1 aromatic heterocycles. The van der Waals surface area contributed by atoms with Crippen LogP contribution in [0.5, 0.6) is 0 Å². The smallest absolute Gasteiger partial charge is 0.195 e. The predicted octanol–water partition coefficient (Wildman–Crippen LogP) is 3.65. The number of aryl methyl sites for hydroxylation is 1. The van der Waals surface area contributed by atoms with Crippen LogP contribution in [0.2, 0.25) is 5.02 Å². The molecule has 0 unspecified atom stereocenters. The maximum atomic E-state index is 5.83. The Kier molecular flexibility index (Phi) is 2.94. The van der Waals surface area contributed by atoms with Crippen molar-refractivity contribution < 1.29 is 4.42 Å². The van der Waals surface area contributed by atoms with Crippen molar-refractivity contribution in [1.29, 1.82) is 0 Å². The highest BCUT2D eigenvalue weighted by Crippen LogP contribution is 2.20. The largest absolute Gasteiger partial charge is 0.441 e. The highest BCUT2D eigenvalue weighted by molar-refractivity contribution is 6.31. The van der Waals surface area contributed by atoms with Gasteiger partial charge in [-0.15, -0.1) is 11.6 Å². The lowest BCUT2D eigenvalue weighted by molar-refractivity contribution is 0.526. The van der Waals surface area contributed by atoms with Crippen LogP contribution in [0.15, 0.2) is 22.6 Å². The SMILES string of the molecule is ClCCCc1nc2cc(Cl)ccc2o1. The molecular weight excluding hydrogens is 221 g/mol. The first-order chi connectivity index (χ1) is 6.79. The average molecular weight is 230 g/mol. The van der Waals surface area contributed by atoms with Crippen LogP contribution < -0.4 is 0 Å². The fourth-order valence-corrected chi connectivity index (χ4v) is 1.57. The lowest BCUT2D eigenvalue weighted by Crippen LogP contribution is -1.84. The molecule has 1 heterocycles. The normalized spacial score (nSPS) is 11.0. The summed E-state index contributed by atoms with van der Waals surface area (Å²) < 4.78 is 5.50. The van der Waals surface area contributed by atoms with Crippen molar-refractivity contribution in [3.05, 3.63) is 29.1 Å². The highest BCUT2D eigenvalue weighted by Gasteiger charge is 2.05. The van der Waals surface area contributed by atoms with Crippen molar-refractivity contribution in [3.63, 3.8) is 0 Å². The molecular formula is C10H9Cl2NO. The summed E-state index contributed by atoms with van der Waals surface area (Å²) in [5.41, 5.74) is 1.58. The summed E-state index contributed by atoms with van der Waals surface area (Å²) >= 11 is 11.4. The minimum absolute atomic E-state index is 0.624. The number of benzene rings is 1. The van der Waals surface area contributed by atoms with E-state index in [1.165, 1.54) is 0 Å². The van der Waals surface area contributed by atoms with Crippen molar-refractivity contribution in [2.75, 3.05) is 5.88 Å². The van der Waals surface area contributed by atoms with Gasteiger partial charge in [0.25, 0.3) is 0 Å². The van der Waals surface area contributed by atoms with Crippen LogP contribution in [0, 0.1) is 0 Å². The van der Waals surface area contributed by atoms with E-state index in [9.17, 15) is 0 Å². The highest BCUT2D eigenvalue weighted by atomic mass is 35.5. The molecule has 0 aliphatic carbocycles. The van der Waals surface area contributed by atoms with Gasteiger partial charge >= 0.3 is 0 Å². The number of hydrogen-bond donors (Lipinski definition) is 0. The Balaban J connectivity index is 2.32. The first kappa shape index (κ1) is 9.81. The van der Waals surface area contributed by atoms with Crippen LogP contribution in [0.3, 0.4) is 0 Å². The standard InChI is InChI=1S/C10H9Cl2NO/c11-5-1-2-10-13-8-6-7(12)3-4-9(8)14-10/h3-4,6H,1-2,5H2. The Morgan fingerprint density at radius 3 is 3.00 bits per heavy atom. The molecule has 4 heteroatoms.